The Kier molecular flexibility index (Phi) is 0.952. The van der Waals surface area contributed by atoms with Crippen LogP contribution in [0.3, 0.4) is 0 Å². The lowest BCUT2D eigenvalue weighted by atomic mass is 9.50. The molecule has 0 bridgehead atoms. The molecule has 0 aromatic carbocycles. The van der Waals surface area contributed by atoms with Crippen molar-refractivity contribution >= 4 is 0 Å². The number of aliphatic hydroxyl groups is 1. The molecule has 1 N–H and O–H groups in total. The fraction of sp³-hybridized carbons (Fsp3) is 0.875. The van der Waals surface area contributed by atoms with Crippen LogP contribution in [0.25, 0.3) is 0 Å². The van der Waals surface area contributed by atoms with Gasteiger partial charge in [-0.15, -0.1) is 0 Å². The molecule has 0 aliphatic heterocycles. The highest BCUT2D eigenvalue weighted by molar-refractivity contribution is 5.17. The predicted molar refractivity (Wildman–Crippen MR) is 36.1 cm³/mol. The van der Waals surface area contributed by atoms with Crippen molar-refractivity contribution in [2.24, 2.45) is 5.41 Å². The lowest BCUT2D eigenvalue weighted by Crippen LogP contribution is -2.54. The fourth-order valence-electron chi connectivity index (χ4n) is 2.30. The Balaban J connectivity index is 2.00. The number of nitriles is 1. The highest BCUT2D eigenvalue weighted by Gasteiger charge is 2.56. The van der Waals surface area contributed by atoms with Gasteiger partial charge in [-0.3, -0.25) is 0 Å². The third-order valence-corrected chi connectivity index (χ3v) is 2.96. The topological polar surface area (TPSA) is 44.0 Å². The normalized spacial score (nSPS) is 32.0. The molecule has 0 saturated heterocycles. The second-order valence-corrected chi connectivity index (χ2v) is 3.85. The van der Waals surface area contributed by atoms with Crippen molar-refractivity contribution in [2.75, 3.05) is 0 Å². The quantitative estimate of drug-likeness (QED) is 0.510. The van der Waals surface area contributed by atoms with Gasteiger partial charge in [-0.25, -0.2) is 0 Å². The Bertz CT molecular complexity index is 192. The first-order valence-electron chi connectivity index (χ1n) is 3.82. The van der Waals surface area contributed by atoms with Crippen molar-refractivity contribution < 1.29 is 5.11 Å². The Morgan fingerprint density at radius 2 is 1.90 bits per heavy atom. The van der Waals surface area contributed by atoms with Crippen LogP contribution in [-0.4, -0.2) is 10.7 Å². The molecule has 0 atom stereocenters. The van der Waals surface area contributed by atoms with Crippen LogP contribution >= 0.6 is 0 Å². The van der Waals surface area contributed by atoms with E-state index in [0.717, 1.165) is 12.8 Å². The van der Waals surface area contributed by atoms with Crippen LogP contribution in [0.5, 0.6) is 0 Å². The Labute approximate surface area is 60.5 Å². The standard InChI is InChI=1S/C8H11NO/c9-6-8(10)4-7(5-8)2-1-3-7/h10H,1-5H2. The monoisotopic (exact) mass is 137 g/mol. The maximum Gasteiger partial charge on any atom is 0.152 e. The van der Waals surface area contributed by atoms with Crippen LogP contribution in [0, 0.1) is 16.7 Å². The highest BCUT2D eigenvalue weighted by atomic mass is 16.3. The number of rotatable bonds is 0. The van der Waals surface area contributed by atoms with E-state index in [1.54, 1.807) is 0 Å². The van der Waals surface area contributed by atoms with Crippen molar-refractivity contribution in [1.29, 1.82) is 5.26 Å². The molecule has 2 fully saturated rings. The van der Waals surface area contributed by atoms with E-state index >= 15 is 0 Å². The van der Waals surface area contributed by atoms with Crippen molar-refractivity contribution in [2.45, 2.75) is 37.7 Å². The van der Waals surface area contributed by atoms with Gasteiger partial charge in [0, 0.05) is 0 Å². The Hall–Kier alpha value is -0.550. The summed E-state index contributed by atoms with van der Waals surface area (Å²) in [5.74, 6) is 0. The number of hydrogen-bond acceptors (Lipinski definition) is 2. The van der Waals surface area contributed by atoms with E-state index < -0.39 is 5.60 Å². The molecule has 2 aliphatic rings. The largest absolute Gasteiger partial charge is 0.375 e. The average molecular weight is 137 g/mol. The van der Waals surface area contributed by atoms with Crippen LogP contribution in [0.4, 0.5) is 0 Å². The highest BCUT2D eigenvalue weighted by Crippen LogP contribution is 2.60. The van der Waals surface area contributed by atoms with Crippen molar-refractivity contribution in [3.05, 3.63) is 0 Å². The van der Waals surface area contributed by atoms with E-state index in [0.29, 0.717) is 5.41 Å². The molecule has 0 aromatic heterocycles. The molecular formula is C8H11NO. The van der Waals surface area contributed by atoms with Gasteiger partial charge < -0.3 is 5.11 Å². The Morgan fingerprint density at radius 3 is 2.20 bits per heavy atom. The smallest absolute Gasteiger partial charge is 0.152 e. The first-order chi connectivity index (χ1) is 4.68. The molecule has 2 heteroatoms. The maximum absolute atomic E-state index is 9.36. The van der Waals surface area contributed by atoms with Gasteiger partial charge in [0.2, 0.25) is 0 Å². The van der Waals surface area contributed by atoms with Crippen LogP contribution in [0.2, 0.25) is 0 Å². The first-order valence-corrected chi connectivity index (χ1v) is 3.82. The lowest BCUT2D eigenvalue weighted by molar-refractivity contribution is -0.127. The van der Waals surface area contributed by atoms with Gasteiger partial charge in [-0.1, -0.05) is 6.42 Å². The Morgan fingerprint density at radius 1 is 1.30 bits per heavy atom. The summed E-state index contributed by atoms with van der Waals surface area (Å²) in [5, 5.41) is 17.9. The zero-order chi connectivity index (χ0) is 7.24. The van der Waals surface area contributed by atoms with Gasteiger partial charge in [-0.2, -0.15) is 5.26 Å². The van der Waals surface area contributed by atoms with Crippen LogP contribution in [0.15, 0.2) is 0 Å². The summed E-state index contributed by atoms with van der Waals surface area (Å²) in [6.45, 7) is 0. The van der Waals surface area contributed by atoms with Gasteiger partial charge in [0.15, 0.2) is 5.60 Å². The van der Waals surface area contributed by atoms with Crippen molar-refractivity contribution in [1.82, 2.24) is 0 Å². The summed E-state index contributed by atoms with van der Waals surface area (Å²) in [6.07, 6.45) is 5.22. The molecule has 0 aromatic rings. The van der Waals surface area contributed by atoms with Crippen LogP contribution in [-0.2, 0) is 0 Å². The second-order valence-electron chi connectivity index (χ2n) is 3.85. The molecule has 1 spiro atoms. The fourth-order valence-corrected chi connectivity index (χ4v) is 2.30. The summed E-state index contributed by atoms with van der Waals surface area (Å²) in [5.41, 5.74) is -0.537. The molecule has 2 aliphatic carbocycles. The maximum atomic E-state index is 9.36. The number of hydrogen-bond donors (Lipinski definition) is 1. The predicted octanol–water partition coefficient (Wildman–Crippen LogP) is 1.21. The minimum atomic E-state index is -0.944. The summed E-state index contributed by atoms with van der Waals surface area (Å²) in [6, 6.07) is 1.96. The van der Waals surface area contributed by atoms with E-state index in [9.17, 15) is 5.11 Å². The van der Waals surface area contributed by atoms with E-state index in [-0.39, 0.29) is 0 Å². The molecule has 54 valence electrons. The first kappa shape index (κ1) is 6.18. The van der Waals surface area contributed by atoms with E-state index in [4.69, 9.17) is 5.26 Å². The van der Waals surface area contributed by atoms with Crippen LogP contribution in [0.1, 0.15) is 32.1 Å². The van der Waals surface area contributed by atoms with Crippen LogP contribution < -0.4 is 0 Å². The third-order valence-electron chi connectivity index (χ3n) is 2.96. The molecule has 2 rings (SSSR count). The van der Waals surface area contributed by atoms with Crippen molar-refractivity contribution in [3.8, 4) is 6.07 Å². The minimum Gasteiger partial charge on any atom is -0.375 e. The number of nitrogens with zero attached hydrogens (tertiary/aromatic N) is 1. The average Bonchev–Trinajstić information content (AvgIpc) is 1.77. The van der Waals surface area contributed by atoms with E-state index in [1.165, 1.54) is 19.3 Å². The molecule has 10 heavy (non-hydrogen) atoms. The molecule has 0 radical (unpaired) electrons. The van der Waals surface area contributed by atoms with Gasteiger partial charge in [0.1, 0.15) is 0 Å². The summed E-state index contributed by atoms with van der Waals surface area (Å²) >= 11 is 0. The molecule has 0 unspecified atom stereocenters. The van der Waals surface area contributed by atoms with Gasteiger partial charge in [-0.05, 0) is 31.1 Å². The third kappa shape index (κ3) is 0.615. The SMILES string of the molecule is N#CC1(O)CC2(CCC2)C1. The van der Waals surface area contributed by atoms with E-state index in [1.807, 2.05) is 6.07 Å². The molecule has 0 heterocycles. The van der Waals surface area contributed by atoms with Crippen molar-refractivity contribution in [3.63, 3.8) is 0 Å². The summed E-state index contributed by atoms with van der Waals surface area (Å²) < 4.78 is 0. The summed E-state index contributed by atoms with van der Waals surface area (Å²) in [4.78, 5) is 0. The molecule has 2 nitrogen and oxygen atoms in total. The van der Waals surface area contributed by atoms with E-state index in [2.05, 4.69) is 0 Å². The van der Waals surface area contributed by atoms with Gasteiger partial charge in [0.05, 0.1) is 6.07 Å². The molecule has 2 saturated carbocycles. The van der Waals surface area contributed by atoms with Gasteiger partial charge >= 0.3 is 0 Å². The van der Waals surface area contributed by atoms with Gasteiger partial charge in [0.25, 0.3) is 0 Å². The summed E-state index contributed by atoms with van der Waals surface area (Å²) in [7, 11) is 0. The minimum absolute atomic E-state index is 0.407. The molecule has 0 amide bonds. The molecular weight excluding hydrogens is 126 g/mol. The lowest BCUT2D eigenvalue weighted by Gasteiger charge is -2.55. The zero-order valence-electron chi connectivity index (χ0n) is 5.93. The zero-order valence-corrected chi connectivity index (χ0v) is 5.93. The second kappa shape index (κ2) is 1.54.